The minimum Gasteiger partial charge on any atom is -0.311 e. The Labute approximate surface area is 120 Å². The van der Waals surface area contributed by atoms with Gasteiger partial charge in [0.2, 0.25) is 10.0 Å². The van der Waals surface area contributed by atoms with Crippen molar-refractivity contribution in [3.63, 3.8) is 0 Å². The van der Waals surface area contributed by atoms with Crippen molar-refractivity contribution in [1.29, 1.82) is 0 Å². The zero-order chi connectivity index (χ0) is 14.8. The van der Waals surface area contributed by atoms with Crippen LogP contribution in [0.2, 0.25) is 0 Å². The van der Waals surface area contributed by atoms with Crippen LogP contribution in [0.15, 0.2) is 4.90 Å². The minimum absolute atomic E-state index is 0.300. The maximum atomic E-state index is 12.4. The highest BCUT2D eigenvalue weighted by atomic mass is 32.2. The van der Waals surface area contributed by atoms with Gasteiger partial charge in [0.15, 0.2) is 0 Å². The number of rotatable bonds is 8. The van der Waals surface area contributed by atoms with Gasteiger partial charge in [-0.3, -0.25) is 5.10 Å². The average Bonchev–Trinajstić information content (AvgIpc) is 2.96. The van der Waals surface area contributed by atoms with Gasteiger partial charge in [-0.15, -0.1) is 0 Å². The second kappa shape index (κ2) is 6.24. The van der Waals surface area contributed by atoms with Gasteiger partial charge in [-0.1, -0.05) is 13.8 Å². The molecule has 1 aromatic rings. The van der Waals surface area contributed by atoms with Crippen molar-refractivity contribution in [2.75, 3.05) is 13.1 Å². The molecular weight excluding hydrogens is 276 g/mol. The molecule has 0 spiro atoms. The molecule has 1 aromatic heterocycles. The largest absolute Gasteiger partial charge is 0.311 e. The second-order valence-corrected chi connectivity index (χ2v) is 7.33. The van der Waals surface area contributed by atoms with Gasteiger partial charge in [0, 0.05) is 13.1 Å². The molecule has 0 amide bonds. The van der Waals surface area contributed by atoms with E-state index in [0.29, 0.717) is 41.2 Å². The number of hydrogen-bond donors (Lipinski definition) is 3. The molecule has 1 aliphatic carbocycles. The summed E-state index contributed by atoms with van der Waals surface area (Å²) in [5.41, 5.74) is 1.15. The number of hydrogen-bond acceptors (Lipinski definition) is 4. The summed E-state index contributed by atoms with van der Waals surface area (Å²) in [4.78, 5) is 0.300. The number of H-pyrrole nitrogens is 1. The summed E-state index contributed by atoms with van der Waals surface area (Å²) in [7, 11) is -3.48. The van der Waals surface area contributed by atoms with Crippen LogP contribution in [0.3, 0.4) is 0 Å². The summed E-state index contributed by atoms with van der Waals surface area (Å²) in [5.74, 6) is 1.12. The van der Waals surface area contributed by atoms with E-state index in [0.717, 1.165) is 19.4 Å². The number of nitrogens with one attached hydrogen (secondary N) is 3. The molecule has 7 heteroatoms. The summed E-state index contributed by atoms with van der Waals surface area (Å²) in [6, 6.07) is 0. The fraction of sp³-hybridized carbons (Fsp3) is 0.769. The highest BCUT2D eigenvalue weighted by Crippen LogP contribution is 2.37. The van der Waals surface area contributed by atoms with E-state index in [1.54, 1.807) is 6.92 Å². The quantitative estimate of drug-likeness (QED) is 0.629. The van der Waals surface area contributed by atoms with Crippen LogP contribution < -0.4 is 10.0 Å². The van der Waals surface area contributed by atoms with Crippen LogP contribution in [-0.4, -0.2) is 31.7 Å². The third-order valence-electron chi connectivity index (χ3n) is 3.76. The van der Waals surface area contributed by atoms with E-state index in [1.807, 2.05) is 0 Å². The van der Waals surface area contributed by atoms with Crippen molar-refractivity contribution >= 4 is 10.0 Å². The van der Waals surface area contributed by atoms with Gasteiger partial charge in [0.25, 0.3) is 0 Å². The minimum atomic E-state index is -3.48. The Morgan fingerprint density at radius 3 is 2.75 bits per heavy atom. The summed E-state index contributed by atoms with van der Waals surface area (Å²) in [6.07, 6.45) is 2.11. The lowest BCUT2D eigenvalue weighted by Crippen LogP contribution is -2.28. The highest BCUT2D eigenvalue weighted by Gasteiger charge is 2.34. The van der Waals surface area contributed by atoms with Crippen LogP contribution in [0, 0.1) is 18.8 Å². The van der Waals surface area contributed by atoms with Gasteiger partial charge < -0.3 is 5.32 Å². The molecule has 1 fully saturated rings. The van der Waals surface area contributed by atoms with E-state index in [2.05, 4.69) is 34.1 Å². The number of sulfonamides is 1. The van der Waals surface area contributed by atoms with Crippen molar-refractivity contribution in [3.05, 3.63) is 11.4 Å². The lowest BCUT2D eigenvalue weighted by molar-refractivity contribution is 0.571. The smallest absolute Gasteiger partial charge is 0.244 e. The molecule has 20 heavy (non-hydrogen) atoms. The second-order valence-electron chi connectivity index (χ2n) is 5.63. The monoisotopic (exact) mass is 300 g/mol. The van der Waals surface area contributed by atoms with Crippen LogP contribution in [0.5, 0.6) is 0 Å². The van der Waals surface area contributed by atoms with E-state index in [-0.39, 0.29) is 0 Å². The first-order valence-electron chi connectivity index (χ1n) is 7.20. The molecular formula is C13H24N4O2S. The van der Waals surface area contributed by atoms with Crippen molar-refractivity contribution in [2.45, 2.75) is 45.1 Å². The first kappa shape index (κ1) is 15.5. The molecule has 0 saturated heterocycles. The Bertz CT molecular complexity index is 553. The maximum Gasteiger partial charge on any atom is 0.244 e. The molecule has 0 bridgehead atoms. The highest BCUT2D eigenvalue weighted by molar-refractivity contribution is 7.89. The Morgan fingerprint density at radius 2 is 2.15 bits per heavy atom. The van der Waals surface area contributed by atoms with Gasteiger partial charge >= 0.3 is 0 Å². The van der Waals surface area contributed by atoms with E-state index < -0.39 is 10.0 Å². The predicted molar refractivity (Wildman–Crippen MR) is 77.8 cm³/mol. The zero-order valence-corrected chi connectivity index (χ0v) is 13.2. The molecule has 1 saturated carbocycles. The maximum absolute atomic E-state index is 12.4. The first-order chi connectivity index (χ1) is 9.45. The summed E-state index contributed by atoms with van der Waals surface area (Å²) in [6.45, 7) is 7.79. The summed E-state index contributed by atoms with van der Waals surface area (Å²) < 4.78 is 27.5. The molecule has 3 N–H and O–H groups in total. The van der Waals surface area contributed by atoms with Crippen LogP contribution in [0.1, 0.15) is 38.1 Å². The number of nitrogens with zero attached hydrogens (tertiary/aromatic N) is 1. The standard InChI is InChI=1S/C13H24N4O2S/c1-4-5-14-8-12-13(10(3)16-17-12)20(18,19)15-7-11-6-9(11)2/h9,11,14-15H,4-8H2,1-3H3,(H,16,17). The van der Waals surface area contributed by atoms with Crippen molar-refractivity contribution in [1.82, 2.24) is 20.2 Å². The van der Waals surface area contributed by atoms with Crippen LogP contribution in [0.25, 0.3) is 0 Å². The molecule has 0 radical (unpaired) electrons. The molecule has 0 aliphatic heterocycles. The molecule has 0 aromatic carbocycles. The lowest BCUT2D eigenvalue weighted by Gasteiger charge is -2.08. The summed E-state index contributed by atoms with van der Waals surface area (Å²) in [5, 5.41) is 10.1. The average molecular weight is 300 g/mol. The van der Waals surface area contributed by atoms with Crippen molar-refractivity contribution < 1.29 is 8.42 Å². The zero-order valence-electron chi connectivity index (χ0n) is 12.4. The lowest BCUT2D eigenvalue weighted by atomic mass is 10.3. The molecule has 1 aliphatic rings. The van der Waals surface area contributed by atoms with Crippen molar-refractivity contribution in [3.8, 4) is 0 Å². The molecule has 2 rings (SSSR count). The van der Waals surface area contributed by atoms with E-state index in [4.69, 9.17) is 0 Å². The molecule has 1 heterocycles. The van der Waals surface area contributed by atoms with Gasteiger partial charge in [-0.2, -0.15) is 5.10 Å². The van der Waals surface area contributed by atoms with E-state index in [1.165, 1.54) is 0 Å². The molecule has 6 nitrogen and oxygen atoms in total. The Balaban J connectivity index is 2.06. The van der Waals surface area contributed by atoms with E-state index in [9.17, 15) is 8.42 Å². The Morgan fingerprint density at radius 1 is 1.45 bits per heavy atom. The third-order valence-corrected chi connectivity index (χ3v) is 5.39. The SMILES string of the molecule is CCCNCc1n[nH]c(C)c1S(=O)(=O)NCC1CC1C. The number of aromatic amines is 1. The van der Waals surface area contributed by atoms with Gasteiger partial charge in [0.05, 0.1) is 11.4 Å². The summed E-state index contributed by atoms with van der Waals surface area (Å²) >= 11 is 0. The Kier molecular flexibility index (Phi) is 4.82. The fourth-order valence-electron chi connectivity index (χ4n) is 2.30. The molecule has 2 atom stereocenters. The number of aromatic nitrogens is 2. The normalized spacial score (nSPS) is 22.1. The van der Waals surface area contributed by atoms with Crippen molar-refractivity contribution in [2.24, 2.45) is 11.8 Å². The van der Waals surface area contributed by atoms with Crippen LogP contribution in [0.4, 0.5) is 0 Å². The molecule has 114 valence electrons. The van der Waals surface area contributed by atoms with Gasteiger partial charge in [-0.25, -0.2) is 13.1 Å². The van der Waals surface area contributed by atoms with Crippen LogP contribution >= 0.6 is 0 Å². The topological polar surface area (TPSA) is 86.9 Å². The van der Waals surface area contributed by atoms with E-state index >= 15 is 0 Å². The van der Waals surface area contributed by atoms with Crippen LogP contribution in [-0.2, 0) is 16.6 Å². The predicted octanol–water partition coefficient (Wildman–Crippen LogP) is 1.15. The van der Waals surface area contributed by atoms with Gasteiger partial charge in [0.1, 0.15) is 4.90 Å². The Hall–Kier alpha value is -0.920. The molecule has 2 unspecified atom stereocenters. The third kappa shape index (κ3) is 3.59. The van der Waals surface area contributed by atoms with Gasteiger partial charge in [-0.05, 0) is 38.1 Å². The number of aryl methyl sites for hydroxylation is 1. The first-order valence-corrected chi connectivity index (χ1v) is 8.68. The fourth-order valence-corrected chi connectivity index (χ4v) is 3.76.